The van der Waals surface area contributed by atoms with Crippen LogP contribution < -0.4 is 4.74 Å². The zero-order chi connectivity index (χ0) is 20.9. The molecular formula is C25H24O4. The van der Waals surface area contributed by atoms with Crippen molar-refractivity contribution in [1.29, 1.82) is 0 Å². The van der Waals surface area contributed by atoms with E-state index >= 15 is 0 Å². The number of ketones is 1. The van der Waals surface area contributed by atoms with Crippen LogP contribution in [0.2, 0.25) is 0 Å². The molecule has 0 atom stereocenters. The summed E-state index contributed by atoms with van der Waals surface area (Å²) < 4.78 is 5.63. The van der Waals surface area contributed by atoms with Crippen LogP contribution in [0.5, 0.6) is 5.75 Å². The fourth-order valence-corrected chi connectivity index (χ4v) is 3.25. The standard InChI is InChI=1S/C25H24O4/c1-25(2,20-9-4-3-5-10-20)21-11-13-23(14-12-21)29-17-22(26)16-18-7-6-8-19(15-18)24(27)28/h3-15H,16-17H2,1-2H3,(H,27,28). The zero-order valence-electron chi connectivity index (χ0n) is 16.6. The summed E-state index contributed by atoms with van der Waals surface area (Å²) in [7, 11) is 0. The van der Waals surface area contributed by atoms with Gasteiger partial charge in [0, 0.05) is 11.8 Å². The van der Waals surface area contributed by atoms with Crippen molar-refractivity contribution in [2.45, 2.75) is 25.7 Å². The van der Waals surface area contributed by atoms with Gasteiger partial charge in [0.15, 0.2) is 5.78 Å². The maximum atomic E-state index is 12.2. The Hall–Kier alpha value is -3.40. The van der Waals surface area contributed by atoms with Gasteiger partial charge in [0.05, 0.1) is 5.56 Å². The van der Waals surface area contributed by atoms with Crippen molar-refractivity contribution < 1.29 is 19.4 Å². The third-order valence-electron chi connectivity index (χ3n) is 5.05. The zero-order valence-corrected chi connectivity index (χ0v) is 16.6. The number of aromatic carboxylic acids is 1. The number of carbonyl (C=O) groups is 2. The van der Waals surface area contributed by atoms with Crippen LogP contribution in [0.25, 0.3) is 0 Å². The van der Waals surface area contributed by atoms with Gasteiger partial charge in [0.1, 0.15) is 12.4 Å². The Morgan fingerprint density at radius 2 is 1.52 bits per heavy atom. The first-order chi connectivity index (χ1) is 13.9. The van der Waals surface area contributed by atoms with Crippen molar-refractivity contribution in [2.24, 2.45) is 0 Å². The molecule has 4 heteroatoms. The van der Waals surface area contributed by atoms with E-state index in [0.717, 1.165) is 5.56 Å². The van der Waals surface area contributed by atoms with Crippen LogP contribution in [-0.2, 0) is 16.6 Å². The summed E-state index contributed by atoms with van der Waals surface area (Å²) in [5.41, 5.74) is 3.09. The van der Waals surface area contributed by atoms with Crippen molar-refractivity contribution in [1.82, 2.24) is 0 Å². The SMILES string of the molecule is CC(C)(c1ccccc1)c1ccc(OCC(=O)Cc2cccc(C(=O)O)c2)cc1. The first kappa shape index (κ1) is 20.3. The Morgan fingerprint density at radius 1 is 0.862 bits per heavy atom. The van der Waals surface area contributed by atoms with E-state index in [4.69, 9.17) is 9.84 Å². The van der Waals surface area contributed by atoms with E-state index in [1.54, 1.807) is 12.1 Å². The highest BCUT2D eigenvalue weighted by molar-refractivity contribution is 5.88. The third-order valence-corrected chi connectivity index (χ3v) is 5.05. The Morgan fingerprint density at radius 3 is 2.17 bits per heavy atom. The van der Waals surface area contributed by atoms with Gasteiger partial charge in [-0.25, -0.2) is 4.79 Å². The minimum Gasteiger partial charge on any atom is -0.486 e. The van der Waals surface area contributed by atoms with Gasteiger partial charge >= 0.3 is 5.97 Å². The van der Waals surface area contributed by atoms with Gasteiger partial charge in [-0.05, 0) is 41.0 Å². The molecule has 0 aromatic heterocycles. The summed E-state index contributed by atoms with van der Waals surface area (Å²) in [5.74, 6) is -0.486. The third kappa shape index (κ3) is 5.11. The number of ether oxygens (including phenoxy) is 1. The van der Waals surface area contributed by atoms with Crippen molar-refractivity contribution >= 4 is 11.8 Å². The molecule has 3 aromatic carbocycles. The Labute approximate surface area is 170 Å². The average molecular weight is 388 g/mol. The monoisotopic (exact) mass is 388 g/mol. The molecule has 0 radical (unpaired) electrons. The van der Waals surface area contributed by atoms with Gasteiger partial charge in [0.25, 0.3) is 0 Å². The lowest BCUT2D eigenvalue weighted by molar-refractivity contribution is -0.120. The largest absolute Gasteiger partial charge is 0.486 e. The van der Waals surface area contributed by atoms with E-state index in [1.165, 1.54) is 17.7 Å². The summed E-state index contributed by atoms with van der Waals surface area (Å²) >= 11 is 0. The first-order valence-corrected chi connectivity index (χ1v) is 9.49. The molecule has 0 aliphatic heterocycles. The predicted molar refractivity (Wildman–Crippen MR) is 113 cm³/mol. The number of carbonyl (C=O) groups excluding carboxylic acids is 1. The highest BCUT2D eigenvalue weighted by atomic mass is 16.5. The second-order valence-electron chi connectivity index (χ2n) is 7.53. The summed E-state index contributed by atoms with van der Waals surface area (Å²) in [5, 5.41) is 9.04. The quantitative estimate of drug-likeness (QED) is 0.596. The molecule has 29 heavy (non-hydrogen) atoms. The minimum absolute atomic E-state index is 0.0568. The molecule has 3 rings (SSSR count). The lowest BCUT2D eigenvalue weighted by Gasteiger charge is -2.26. The van der Waals surface area contributed by atoms with Crippen LogP contribution in [0.3, 0.4) is 0 Å². The van der Waals surface area contributed by atoms with Crippen LogP contribution in [0.15, 0.2) is 78.9 Å². The molecule has 0 heterocycles. The molecule has 0 spiro atoms. The molecule has 0 saturated carbocycles. The molecule has 3 aromatic rings. The molecule has 0 unspecified atom stereocenters. The van der Waals surface area contributed by atoms with Gasteiger partial charge in [-0.2, -0.15) is 0 Å². The maximum Gasteiger partial charge on any atom is 0.335 e. The highest BCUT2D eigenvalue weighted by Crippen LogP contribution is 2.32. The molecule has 4 nitrogen and oxygen atoms in total. The van der Waals surface area contributed by atoms with Crippen LogP contribution in [0.1, 0.15) is 40.9 Å². The van der Waals surface area contributed by atoms with Gasteiger partial charge < -0.3 is 9.84 Å². The van der Waals surface area contributed by atoms with Crippen LogP contribution in [-0.4, -0.2) is 23.5 Å². The number of hydrogen-bond donors (Lipinski definition) is 1. The van der Waals surface area contributed by atoms with Crippen molar-refractivity contribution in [2.75, 3.05) is 6.61 Å². The van der Waals surface area contributed by atoms with Crippen molar-refractivity contribution in [3.05, 3.63) is 101 Å². The van der Waals surface area contributed by atoms with E-state index in [2.05, 4.69) is 26.0 Å². The number of rotatable bonds is 8. The van der Waals surface area contributed by atoms with Crippen molar-refractivity contribution in [3.8, 4) is 5.75 Å². The van der Waals surface area contributed by atoms with E-state index in [1.807, 2.05) is 42.5 Å². The van der Waals surface area contributed by atoms with Gasteiger partial charge in [0.2, 0.25) is 0 Å². The summed E-state index contributed by atoms with van der Waals surface area (Å²) in [4.78, 5) is 23.2. The van der Waals surface area contributed by atoms with Crippen LogP contribution in [0, 0.1) is 0 Å². The number of hydrogen-bond acceptors (Lipinski definition) is 3. The van der Waals surface area contributed by atoms with E-state index in [9.17, 15) is 9.59 Å². The summed E-state index contributed by atoms with van der Waals surface area (Å²) in [6.45, 7) is 4.29. The number of Topliss-reactive ketones (excluding diaryl/α,β-unsaturated/α-hetero) is 1. The van der Waals surface area contributed by atoms with E-state index in [-0.39, 0.29) is 29.8 Å². The second kappa shape index (κ2) is 8.74. The molecule has 0 saturated heterocycles. The van der Waals surface area contributed by atoms with Crippen molar-refractivity contribution in [3.63, 3.8) is 0 Å². The first-order valence-electron chi connectivity index (χ1n) is 9.49. The molecule has 0 bridgehead atoms. The molecular weight excluding hydrogens is 364 g/mol. The molecule has 0 aliphatic carbocycles. The fourth-order valence-electron chi connectivity index (χ4n) is 3.25. The molecule has 0 fully saturated rings. The van der Waals surface area contributed by atoms with Gasteiger partial charge in [-0.1, -0.05) is 68.4 Å². The topological polar surface area (TPSA) is 63.6 Å². The Balaban J connectivity index is 1.59. The molecule has 0 aliphatic rings. The van der Waals surface area contributed by atoms with Crippen LogP contribution >= 0.6 is 0 Å². The summed E-state index contributed by atoms with van der Waals surface area (Å²) in [6, 6.07) is 24.5. The fraction of sp³-hybridized carbons (Fsp3) is 0.200. The van der Waals surface area contributed by atoms with E-state index in [0.29, 0.717) is 11.3 Å². The predicted octanol–water partition coefficient (Wildman–Crippen LogP) is 4.90. The number of carboxylic acids is 1. The molecule has 0 amide bonds. The van der Waals surface area contributed by atoms with E-state index < -0.39 is 5.97 Å². The Kier molecular flexibility index (Phi) is 6.13. The second-order valence-corrected chi connectivity index (χ2v) is 7.53. The number of benzene rings is 3. The lowest BCUT2D eigenvalue weighted by Crippen LogP contribution is -2.18. The van der Waals surface area contributed by atoms with Crippen LogP contribution in [0.4, 0.5) is 0 Å². The highest BCUT2D eigenvalue weighted by Gasteiger charge is 2.22. The Bertz CT molecular complexity index is 989. The van der Waals surface area contributed by atoms with Gasteiger partial charge in [-0.15, -0.1) is 0 Å². The normalized spacial score (nSPS) is 11.1. The average Bonchev–Trinajstić information content (AvgIpc) is 2.73. The smallest absolute Gasteiger partial charge is 0.335 e. The van der Waals surface area contributed by atoms with Gasteiger partial charge in [-0.3, -0.25) is 4.79 Å². The molecule has 148 valence electrons. The minimum atomic E-state index is -1.01. The lowest BCUT2D eigenvalue weighted by atomic mass is 9.78. The summed E-state index contributed by atoms with van der Waals surface area (Å²) in [6.07, 6.45) is 0.139. The maximum absolute atomic E-state index is 12.2. The molecule has 1 N–H and O–H groups in total. The number of carboxylic acid groups (broad SMARTS) is 1.